The monoisotopic (exact) mass is 342 g/mol. The Hall–Kier alpha value is -2.25. The fourth-order valence-electron chi connectivity index (χ4n) is 2.22. The summed E-state index contributed by atoms with van der Waals surface area (Å²) in [5.74, 6) is 0.462. The minimum Gasteiger partial charge on any atom is -0.423 e. The van der Waals surface area contributed by atoms with Crippen LogP contribution in [0, 0.1) is 0 Å². The first-order valence-corrected chi connectivity index (χ1v) is 8.93. The van der Waals surface area contributed by atoms with Crippen LogP contribution in [-0.4, -0.2) is 15.2 Å². The Morgan fingerprint density at radius 1 is 1.17 bits per heavy atom. The van der Waals surface area contributed by atoms with Crippen molar-refractivity contribution in [3.05, 3.63) is 41.3 Å². The Morgan fingerprint density at radius 2 is 2.09 bits per heavy atom. The predicted octanol–water partition coefficient (Wildman–Crippen LogP) is 5.27. The van der Waals surface area contributed by atoms with Gasteiger partial charge >= 0.3 is 6.01 Å². The van der Waals surface area contributed by atoms with Crippen molar-refractivity contribution in [3.8, 4) is 9.88 Å². The molecule has 4 rings (SSSR count). The molecular weight excluding hydrogens is 328 g/mol. The number of hydrogen-bond donors (Lipinski definition) is 1. The smallest absolute Gasteiger partial charge is 0.302 e. The number of nitrogens with one attached hydrogen (secondary N) is 1. The normalized spacial score (nSPS) is 11.4. The molecule has 0 aliphatic carbocycles. The van der Waals surface area contributed by atoms with Gasteiger partial charge < -0.3 is 4.42 Å². The van der Waals surface area contributed by atoms with Crippen LogP contribution in [0.1, 0.15) is 25.3 Å². The minimum atomic E-state index is 0.440. The van der Waals surface area contributed by atoms with E-state index in [9.17, 15) is 0 Å². The molecule has 0 aliphatic heterocycles. The molecule has 3 aromatic heterocycles. The maximum Gasteiger partial charge on any atom is 0.302 e. The highest BCUT2D eigenvalue weighted by Gasteiger charge is 2.12. The number of oxazole rings is 1. The molecule has 23 heavy (non-hydrogen) atoms. The predicted molar refractivity (Wildman–Crippen MR) is 94.6 cm³/mol. The first-order chi connectivity index (χ1) is 11.2. The van der Waals surface area contributed by atoms with Gasteiger partial charge in [0.25, 0.3) is 0 Å². The van der Waals surface area contributed by atoms with Crippen LogP contribution in [0.5, 0.6) is 0 Å². The summed E-state index contributed by atoms with van der Waals surface area (Å²) in [6.07, 6.45) is 0. The minimum absolute atomic E-state index is 0.440. The number of anilines is 2. The van der Waals surface area contributed by atoms with Crippen molar-refractivity contribution < 1.29 is 4.42 Å². The molecule has 0 spiro atoms. The third kappa shape index (κ3) is 2.85. The molecule has 7 heteroatoms. The van der Waals surface area contributed by atoms with Crippen LogP contribution in [0.3, 0.4) is 0 Å². The molecular formula is C16H14N4OS2. The van der Waals surface area contributed by atoms with Gasteiger partial charge in [-0.2, -0.15) is 4.98 Å². The number of rotatable bonds is 4. The zero-order valence-corrected chi connectivity index (χ0v) is 14.2. The lowest BCUT2D eigenvalue weighted by Gasteiger charge is -2.02. The van der Waals surface area contributed by atoms with Gasteiger partial charge in [0.15, 0.2) is 10.6 Å². The summed E-state index contributed by atoms with van der Waals surface area (Å²) in [4.78, 5) is 5.59. The maximum atomic E-state index is 5.73. The standard InChI is InChI=1S/C16H14N4OS2/c1-9(2)10-5-6-12-11(8-10)17-15(21-12)18-16-20-19-14(23-16)13-4-3-7-22-13/h3-9H,1-2H3,(H,17,18,20). The van der Waals surface area contributed by atoms with Crippen LogP contribution >= 0.6 is 22.7 Å². The summed E-state index contributed by atoms with van der Waals surface area (Å²) >= 11 is 3.13. The molecule has 1 aromatic carbocycles. The highest BCUT2D eigenvalue weighted by molar-refractivity contribution is 7.22. The van der Waals surface area contributed by atoms with E-state index in [1.54, 1.807) is 11.3 Å². The van der Waals surface area contributed by atoms with E-state index in [1.807, 2.05) is 23.6 Å². The van der Waals surface area contributed by atoms with Crippen molar-refractivity contribution in [2.24, 2.45) is 0 Å². The molecule has 0 fully saturated rings. The number of fused-ring (bicyclic) bond motifs is 1. The zero-order chi connectivity index (χ0) is 15.8. The van der Waals surface area contributed by atoms with Gasteiger partial charge in [0.1, 0.15) is 5.52 Å². The Kier molecular flexibility index (Phi) is 3.59. The van der Waals surface area contributed by atoms with Crippen LogP contribution in [0.25, 0.3) is 21.0 Å². The van der Waals surface area contributed by atoms with Crippen molar-refractivity contribution in [2.45, 2.75) is 19.8 Å². The van der Waals surface area contributed by atoms with E-state index < -0.39 is 0 Å². The molecule has 4 aromatic rings. The molecule has 0 amide bonds. The average molecular weight is 342 g/mol. The summed E-state index contributed by atoms with van der Waals surface area (Å²) in [7, 11) is 0. The summed E-state index contributed by atoms with van der Waals surface area (Å²) < 4.78 is 5.73. The van der Waals surface area contributed by atoms with Gasteiger partial charge in [-0.25, -0.2) is 0 Å². The van der Waals surface area contributed by atoms with Crippen LogP contribution in [0.2, 0.25) is 0 Å². The van der Waals surface area contributed by atoms with E-state index in [1.165, 1.54) is 16.9 Å². The molecule has 116 valence electrons. The van der Waals surface area contributed by atoms with E-state index >= 15 is 0 Å². The Bertz CT molecular complexity index is 940. The summed E-state index contributed by atoms with van der Waals surface area (Å²) in [6, 6.07) is 10.6. The number of benzene rings is 1. The third-order valence-electron chi connectivity index (χ3n) is 3.45. The van der Waals surface area contributed by atoms with Gasteiger partial charge in [0.2, 0.25) is 5.13 Å². The first kappa shape index (κ1) is 14.3. The lowest BCUT2D eigenvalue weighted by atomic mass is 10.0. The lowest BCUT2D eigenvalue weighted by molar-refractivity contribution is 0.622. The summed E-state index contributed by atoms with van der Waals surface area (Å²) in [5.41, 5.74) is 2.86. The Morgan fingerprint density at radius 3 is 2.87 bits per heavy atom. The molecule has 0 unspecified atom stereocenters. The maximum absolute atomic E-state index is 5.73. The van der Waals surface area contributed by atoms with E-state index in [-0.39, 0.29) is 0 Å². The number of nitrogens with zero attached hydrogens (tertiary/aromatic N) is 3. The van der Waals surface area contributed by atoms with Crippen molar-refractivity contribution in [1.82, 2.24) is 15.2 Å². The second kappa shape index (κ2) is 5.75. The van der Waals surface area contributed by atoms with Crippen LogP contribution in [0.15, 0.2) is 40.1 Å². The second-order valence-electron chi connectivity index (χ2n) is 5.42. The molecule has 1 N–H and O–H groups in total. The highest BCUT2D eigenvalue weighted by Crippen LogP contribution is 2.32. The fraction of sp³-hybridized carbons (Fsp3) is 0.188. The fourth-order valence-corrected chi connectivity index (χ4v) is 3.75. The van der Waals surface area contributed by atoms with Gasteiger partial charge in [0, 0.05) is 0 Å². The molecule has 3 heterocycles. The summed E-state index contributed by atoms with van der Waals surface area (Å²) in [6.45, 7) is 4.32. The van der Waals surface area contributed by atoms with Crippen LogP contribution in [0.4, 0.5) is 11.1 Å². The molecule has 0 atom stereocenters. The molecule has 0 bridgehead atoms. The van der Waals surface area contributed by atoms with Gasteiger partial charge in [-0.1, -0.05) is 37.3 Å². The Balaban J connectivity index is 1.60. The van der Waals surface area contributed by atoms with Gasteiger partial charge in [-0.3, -0.25) is 5.32 Å². The second-order valence-corrected chi connectivity index (χ2v) is 7.34. The van der Waals surface area contributed by atoms with Gasteiger partial charge in [-0.15, -0.1) is 21.5 Å². The number of aromatic nitrogens is 3. The van der Waals surface area contributed by atoms with Gasteiger partial charge in [-0.05, 0) is 35.1 Å². The van der Waals surface area contributed by atoms with Crippen molar-refractivity contribution in [3.63, 3.8) is 0 Å². The van der Waals surface area contributed by atoms with Crippen molar-refractivity contribution >= 4 is 44.9 Å². The van der Waals surface area contributed by atoms with Gasteiger partial charge in [0.05, 0.1) is 4.88 Å². The number of hydrogen-bond acceptors (Lipinski definition) is 7. The zero-order valence-electron chi connectivity index (χ0n) is 12.6. The Labute approximate surface area is 141 Å². The van der Waals surface area contributed by atoms with E-state index in [4.69, 9.17) is 4.42 Å². The van der Waals surface area contributed by atoms with E-state index in [0.717, 1.165) is 21.0 Å². The molecule has 0 radical (unpaired) electrons. The van der Waals surface area contributed by atoms with Crippen LogP contribution < -0.4 is 5.32 Å². The largest absolute Gasteiger partial charge is 0.423 e. The molecule has 0 aliphatic rings. The average Bonchev–Trinajstić information content (AvgIpc) is 3.26. The quantitative estimate of drug-likeness (QED) is 0.547. The molecule has 0 saturated heterocycles. The van der Waals surface area contributed by atoms with Crippen molar-refractivity contribution in [1.29, 1.82) is 0 Å². The molecule has 0 saturated carbocycles. The van der Waals surface area contributed by atoms with E-state index in [2.05, 4.69) is 46.5 Å². The van der Waals surface area contributed by atoms with E-state index in [0.29, 0.717) is 17.1 Å². The SMILES string of the molecule is CC(C)c1ccc2oc(Nc3nnc(-c4cccs4)s3)nc2c1. The number of thiophene rings is 1. The lowest BCUT2D eigenvalue weighted by Crippen LogP contribution is -1.89. The first-order valence-electron chi connectivity index (χ1n) is 7.24. The third-order valence-corrected chi connectivity index (χ3v) is 5.33. The molecule has 5 nitrogen and oxygen atoms in total. The topological polar surface area (TPSA) is 63.8 Å². The summed E-state index contributed by atoms with van der Waals surface area (Å²) in [5, 5.41) is 15.0. The highest BCUT2D eigenvalue weighted by atomic mass is 32.1. The van der Waals surface area contributed by atoms with Crippen LogP contribution in [-0.2, 0) is 0 Å². The van der Waals surface area contributed by atoms with Crippen molar-refractivity contribution in [2.75, 3.05) is 5.32 Å².